The highest BCUT2D eigenvalue weighted by atomic mass is 32.2. The number of aromatic nitrogens is 3. The third-order valence-corrected chi connectivity index (χ3v) is 4.53. The minimum absolute atomic E-state index is 0.00284. The van der Waals surface area contributed by atoms with Crippen molar-refractivity contribution in [3.8, 4) is 0 Å². The second kappa shape index (κ2) is 6.02. The van der Waals surface area contributed by atoms with Gasteiger partial charge >= 0.3 is 0 Å². The van der Waals surface area contributed by atoms with Gasteiger partial charge in [-0.1, -0.05) is 11.3 Å². The number of carbonyl (C=O) groups excluding carboxylic acids is 1. The van der Waals surface area contributed by atoms with Gasteiger partial charge in [-0.3, -0.25) is 10.1 Å². The predicted molar refractivity (Wildman–Crippen MR) is 75.9 cm³/mol. The van der Waals surface area contributed by atoms with Crippen LogP contribution in [0.3, 0.4) is 0 Å². The molecule has 0 unspecified atom stereocenters. The molecular formula is C12H10F2N4OS2. The Morgan fingerprint density at radius 2 is 2.24 bits per heavy atom. The Morgan fingerprint density at radius 1 is 1.43 bits per heavy atom. The molecule has 1 amide bonds. The van der Waals surface area contributed by atoms with Crippen molar-refractivity contribution in [2.24, 2.45) is 0 Å². The summed E-state index contributed by atoms with van der Waals surface area (Å²) < 4.78 is 24.9. The van der Waals surface area contributed by atoms with Crippen molar-refractivity contribution in [3.63, 3.8) is 0 Å². The van der Waals surface area contributed by atoms with E-state index in [2.05, 4.69) is 20.5 Å². The Bertz CT molecular complexity index is 660. The minimum Gasteiger partial charge on any atom is -0.296 e. The highest BCUT2D eigenvalue weighted by molar-refractivity contribution is 7.99. The summed E-state index contributed by atoms with van der Waals surface area (Å²) in [5.74, 6) is -2.68. The average Bonchev–Trinajstić information content (AvgIpc) is 3.19. The van der Waals surface area contributed by atoms with E-state index >= 15 is 0 Å². The molecular weight excluding hydrogens is 318 g/mol. The Labute approximate surface area is 127 Å². The van der Waals surface area contributed by atoms with Crippen LogP contribution >= 0.6 is 23.1 Å². The first-order valence-corrected chi connectivity index (χ1v) is 7.87. The molecule has 0 aliphatic heterocycles. The van der Waals surface area contributed by atoms with Crippen LogP contribution in [0, 0.1) is 0 Å². The molecule has 1 aliphatic carbocycles. The van der Waals surface area contributed by atoms with Crippen molar-refractivity contribution in [1.82, 2.24) is 15.2 Å². The molecule has 0 saturated heterocycles. The topological polar surface area (TPSA) is 67.8 Å². The van der Waals surface area contributed by atoms with Crippen LogP contribution in [0.5, 0.6) is 0 Å². The number of nitrogens with one attached hydrogen (secondary N) is 1. The first-order valence-electron chi connectivity index (χ1n) is 6.18. The summed E-state index contributed by atoms with van der Waals surface area (Å²) in [5, 5.41) is 11.8. The van der Waals surface area contributed by atoms with Crippen LogP contribution in [0.4, 0.5) is 13.9 Å². The molecule has 1 N–H and O–H groups in total. The molecule has 1 fully saturated rings. The van der Waals surface area contributed by atoms with Gasteiger partial charge in [-0.25, -0.2) is 4.98 Å². The Balaban J connectivity index is 1.74. The van der Waals surface area contributed by atoms with E-state index in [0.717, 1.165) is 17.8 Å². The van der Waals surface area contributed by atoms with Crippen molar-refractivity contribution < 1.29 is 13.6 Å². The van der Waals surface area contributed by atoms with Crippen LogP contribution in [0.2, 0.25) is 0 Å². The lowest BCUT2D eigenvalue weighted by Crippen LogP contribution is -2.13. The maximum atomic E-state index is 12.5. The maximum absolute atomic E-state index is 12.5. The van der Waals surface area contributed by atoms with Gasteiger partial charge in [0.05, 0.1) is 5.56 Å². The van der Waals surface area contributed by atoms with E-state index in [1.165, 1.54) is 29.7 Å². The van der Waals surface area contributed by atoms with E-state index in [1.807, 2.05) is 0 Å². The molecule has 2 aromatic rings. The monoisotopic (exact) mass is 328 g/mol. The molecule has 9 heteroatoms. The molecule has 2 heterocycles. The zero-order valence-corrected chi connectivity index (χ0v) is 12.3. The smallest absolute Gasteiger partial charge is 0.290 e. The van der Waals surface area contributed by atoms with E-state index in [1.54, 1.807) is 0 Å². The third kappa shape index (κ3) is 3.53. The van der Waals surface area contributed by atoms with E-state index in [-0.39, 0.29) is 22.4 Å². The summed E-state index contributed by atoms with van der Waals surface area (Å²) >= 11 is 1.56. The summed E-state index contributed by atoms with van der Waals surface area (Å²) in [6, 6.07) is 2.98. The molecule has 0 radical (unpaired) electrons. The number of alkyl halides is 2. The largest absolute Gasteiger partial charge is 0.296 e. The number of halogens is 2. The van der Waals surface area contributed by atoms with Gasteiger partial charge in [-0.15, -0.1) is 10.2 Å². The van der Waals surface area contributed by atoms with E-state index in [0.29, 0.717) is 11.0 Å². The molecule has 5 nitrogen and oxygen atoms in total. The molecule has 2 aromatic heterocycles. The second-order valence-corrected chi connectivity index (χ2v) is 6.40. The summed E-state index contributed by atoms with van der Waals surface area (Å²) in [6.45, 7) is 0. The van der Waals surface area contributed by atoms with Gasteiger partial charge in [0.1, 0.15) is 10.0 Å². The summed E-state index contributed by atoms with van der Waals surface area (Å²) in [6.07, 6.45) is 3.57. The van der Waals surface area contributed by atoms with Crippen molar-refractivity contribution in [3.05, 3.63) is 28.9 Å². The highest BCUT2D eigenvalue weighted by Crippen LogP contribution is 2.42. The zero-order valence-electron chi connectivity index (χ0n) is 10.6. The molecule has 0 bridgehead atoms. The number of carbonyl (C=O) groups is 1. The van der Waals surface area contributed by atoms with Crippen LogP contribution in [-0.4, -0.2) is 26.8 Å². The third-order valence-electron chi connectivity index (χ3n) is 2.80. The Kier molecular flexibility index (Phi) is 4.11. The summed E-state index contributed by atoms with van der Waals surface area (Å²) in [5.41, 5.74) is 0.103. The number of anilines is 1. The first kappa shape index (κ1) is 14.3. The van der Waals surface area contributed by atoms with Crippen molar-refractivity contribution >= 4 is 34.1 Å². The van der Waals surface area contributed by atoms with Gasteiger partial charge in [0.15, 0.2) is 0 Å². The van der Waals surface area contributed by atoms with Crippen LogP contribution in [0.1, 0.15) is 34.1 Å². The van der Waals surface area contributed by atoms with Crippen LogP contribution in [0.25, 0.3) is 0 Å². The van der Waals surface area contributed by atoms with Gasteiger partial charge < -0.3 is 0 Å². The number of pyridine rings is 1. The lowest BCUT2D eigenvalue weighted by atomic mass is 10.3. The summed E-state index contributed by atoms with van der Waals surface area (Å²) in [4.78, 5) is 16.0. The van der Waals surface area contributed by atoms with Gasteiger partial charge in [0.25, 0.3) is 11.7 Å². The quantitative estimate of drug-likeness (QED) is 0.852. The fourth-order valence-electron chi connectivity index (χ4n) is 1.69. The number of hydrogen-bond acceptors (Lipinski definition) is 6. The molecule has 3 rings (SSSR count). The molecule has 110 valence electrons. The normalized spacial score (nSPS) is 14.4. The molecule has 1 saturated carbocycles. The maximum Gasteiger partial charge on any atom is 0.290 e. The van der Waals surface area contributed by atoms with Crippen LogP contribution < -0.4 is 5.32 Å². The summed E-state index contributed by atoms with van der Waals surface area (Å²) in [7, 11) is 0. The molecule has 0 atom stereocenters. The predicted octanol–water partition coefficient (Wildman–Crippen LogP) is 3.38. The number of amides is 1. The Morgan fingerprint density at radius 3 is 2.95 bits per heavy atom. The van der Waals surface area contributed by atoms with Crippen molar-refractivity contribution in [2.45, 2.75) is 29.5 Å². The molecule has 0 aromatic carbocycles. The fraction of sp³-hybridized carbons (Fsp3) is 0.333. The van der Waals surface area contributed by atoms with Gasteiger partial charge in [-0.05, 0) is 36.7 Å². The van der Waals surface area contributed by atoms with Gasteiger partial charge in [-0.2, -0.15) is 8.78 Å². The number of nitrogens with zero attached hydrogens (tertiary/aromatic N) is 3. The zero-order chi connectivity index (χ0) is 14.8. The lowest BCUT2D eigenvalue weighted by Gasteiger charge is -2.06. The lowest BCUT2D eigenvalue weighted by molar-refractivity contribution is 0.102. The molecule has 0 spiro atoms. The highest BCUT2D eigenvalue weighted by Gasteiger charge is 2.28. The molecule has 1 aliphatic rings. The van der Waals surface area contributed by atoms with E-state index in [4.69, 9.17) is 0 Å². The fourth-order valence-corrected chi connectivity index (χ4v) is 3.17. The standard InChI is InChI=1S/C12H10F2N4OS2/c13-11(14)20-10-7(2-1-5-15-10)8(19)16-12-18-17-9(21-12)6-3-4-6/h1-2,5-6,11H,3-4H2,(H,16,18,19). The number of hydrogen-bond donors (Lipinski definition) is 1. The van der Waals surface area contributed by atoms with Crippen molar-refractivity contribution in [1.29, 1.82) is 0 Å². The minimum atomic E-state index is -2.63. The molecule has 21 heavy (non-hydrogen) atoms. The van der Waals surface area contributed by atoms with Gasteiger partial charge in [0.2, 0.25) is 5.13 Å². The Hall–Kier alpha value is -1.61. The van der Waals surface area contributed by atoms with Gasteiger partial charge in [0, 0.05) is 12.1 Å². The SMILES string of the molecule is O=C(Nc1nnc(C2CC2)s1)c1cccnc1SC(F)F. The van der Waals surface area contributed by atoms with E-state index < -0.39 is 11.7 Å². The number of thioether (sulfide) groups is 1. The van der Waals surface area contributed by atoms with E-state index in [9.17, 15) is 13.6 Å². The van der Waals surface area contributed by atoms with Crippen molar-refractivity contribution in [2.75, 3.05) is 5.32 Å². The van der Waals surface area contributed by atoms with Crippen LogP contribution in [-0.2, 0) is 0 Å². The second-order valence-electron chi connectivity index (χ2n) is 4.41. The number of rotatable bonds is 5. The van der Waals surface area contributed by atoms with Crippen LogP contribution in [0.15, 0.2) is 23.4 Å². The first-order chi connectivity index (χ1) is 10.1. The average molecular weight is 328 g/mol.